The zero-order valence-corrected chi connectivity index (χ0v) is 9.14. The molecule has 114 valence electrons. The molecular weight excluding hydrogens is 323 g/mol. The smallest absolute Gasteiger partial charge is 0.244 e. The summed E-state index contributed by atoms with van der Waals surface area (Å²) in [6.07, 6.45) is -13.9. The molecule has 0 aromatic rings. The maximum absolute atomic E-state index is 12.4. The van der Waals surface area contributed by atoms with E-state index in [1.54, 1.807) is 0 Å². The van der Waals surface area contributed by atoms with Crippen molar-refractivity contribution in [1.82, 2.24) is 0 Å². The highest BCUT2D eigenvalue weighted by atomic mass is 32.3. The minimum atomic E-state index is -7.40. The van der Waals surface area contributed by atoms with Gasteiger partial charge in [0.1, 0.15) is 0 Å². The zero-order valence-electron chi connectivity index (χ0n) is 8.32. The van der Waals surface area contributed by atoms with Crippen molar-refractivity contribution < 1.29 is 52.2 Å². The predicted molar refractivity (Wildman–Crippen MR) is 41.1 cm³/mol. The number of halogens is 9. The fourth-order valence-electron chi connectivity index (χ4n) is 0.549. The van der Waals surface area contributed by atoms with Gasteiger partial charge in [-0.25, -0.2) is 4.74 Å². The Morgan fingerprint density at radius 1 is 0.895 bits per heavy atom. The van der Waals surface area contributed by atoms with Gasteiger partial charge >= 0.3 is 33.6 Å². The monoisotopic (exact) mass is 326 g/mol. The van der Waals surface area contributed by atoms with Crippen molar-refractivity contribution in [1.29, 1.82) is 0 Å². The van der Waals surface area contributed by atoms with Crippen LogP contribution in [0, 0.1) is 0 Å². The molecule has 0 rings (SSSR count). The molecule has 0 heterocycles. The first-order chi connectivity index (χ1) is 8.02. The molecule has 0 unspecified atom stereocenters. The fraction of sp³-hybridized carbons (Fsp3) is 0.667. The summed E-state index contributed by atoms with van der Waals surface area (Å²) in [7, 11) is -7.40. The Morgan fingerprint density at radius 2 is 1.26 bits per heavy atom. The lowest BCUT2D eigenvalue weighted by molar-refractivity contribution is -0.448. The first-order valence-electron chi connectivity index (χ1n) is 3.81. The Balaban J connectivity index is 5.57. The van der Waals surface area contributed by atoms with Crippen LogP contribution in [-0.4, -0.2) is 31.8 Å². The summed E-state index contributed by atoms with van der Waals surface area (Å²) in [5.41, 5.74) is 0. The van der Waals surface area contributed by atoms with Gasteiger partial charge in [-0.1, -0.05) is 10.5 Å². The Hall–Kier alpha value is -0.980. The van der Waals surface area contributed by atoms with Crippen LogP contribution in [-0.2, 0) is 15.0 Å². The molecule has 0 N–H and O–H groups in total. The van der Waals surface area contributed by atoms with Crippen molar-refractivity contribution in [2.45, 2.75) is 23.4 Å². The van der Waals surface area contributed by atoms with E-state index in [1.165, 1.54) is 0 Å². The SMILES string of the molecule is C=CC(F)(F)C(F)(F)OC(F)(F)C(F)(F)S(=O)(=O)F. The number of hydrogen-bond donors (Lipinski definition) is 0. The van der Waals surface area contributed by atoms with Crippen LogP contribution in [0.2, 0.25) is 0 Å². The second kappa shape index (κ2) is 4.54. The summed E-state index contributed by atoms with van der Waals surface area (Å²) in [4.78, 5) is 0. The van der Waals surface area contributed by atoms with Gasteiger partial charge in [0.25, 0.3) is 0 Å². The number of hydrogen-bond acceptors (Lipinski definition) is 3. The van der Waals surface area contributed by atoms with Crippen LogP contribution in [0.1, 0.15) is 0 Å². The van der Waals surface area contributed by atoms with Crippen LogP contribution in [0.4, 0.5) is 39.0 Å². The third-order valence-corrected chi connectivity index (χ3v) is 2.40. The van der Waals surface area contributed by atoms with Crippen LogP contribution >= 0.6 is 0 Å². The van der Waals surface area contributed by atoms with Crippen molar-refractivity contribution in [2.24, 2.45) is 0 Å². The van der Waals surface area contributed by atoms with Gasteiger partial charge in [0.2, 0.25) is 0 Å². The molecule has 0 aromatic heterocycles. The fourth-order valence-corrected chi connectivity index (χ4v) is 0.875. The van der Waals surface area contributed by atoms with Gasteiger partial charge in [-0.2, -0.15) is 43.5 Å². The topological polar surface area (TPSA) is 43.4 Å². The molecule has 13 heteroatoms. The number of ether oxygens (including phenoxy) is 1. The predicted octanol–water partition coefficient (Wildman–Crippen LogP) is 2.90. The van der Waals surface area contributed by atoms with Crippen molar-refractivity contribution in [3.05, 3.63) is 12.7 Å². The minimum absolute atomic E-state index is 0.912. The molecule has 0 bridgehead atoms. The highest BCUT2D eigenvalue weighted by Crippen LogP contribution is 2.47. The quantitative estimate of drug-likeness (QED) is 0.428. The van der Waals surface area contributed by atoms with E-state index in [9.17, 15) is 47.4 Å². The van der Waals surface area contributed by atoms with E-state index in [2.05, 4.69) is 6.58 Å². The summed E-state index contributed by atoms with van der Waals surface area (Å²) in [6, 6.07) is 0. The van der Waals surface area contributed by atoms with Crippen molar-refractivity contribution in [3.63, 3.8) is 0 Å². The van der Waals surface area contributed by atoms with Crippen LogP contribution in [0.3, 0.4) is 0 Å². The highest BCUT2D eigenvalue weighted by molar-refractivity contribution is 7.87. The maximum atomic E-state index is 12.4. The number of rotatable bonds is 6. The molecular formula is C6H3F9O3S. The second-order valence-electron chi connectivity index (χ2n) is 2.92. The van der Waals surface area contributed by atoms with E-state index < -0.39 is 39.7 Å². The molecule has 3 nitrogen and oxygen atoms in total. The molecule has 0 aliphatic carbocycles. The Labute approximate surface area is 99.4 Å². The van der Waals surface area contributed by atoms with Gasteiger partial charge in [-0.3, -0.25) is 0 Å². The average molecular weight is 326 g/mol. The highest BCUT2D eigenvalue weighted by Gasteiger charge is 2.74. The molecule has 0 spiro atoms. The van der Waals surface area contributed by atoms with Gasteiger partial charge in [0, 0.05) is 0 Å². The molecule has 0 amide bonds. The molecule has 0 fully saturated rings. The minimum Gasteiger partial charge on any atom is -0.244 e. The Bertz CT molecular complexity index is 455. The first-order valence-corrected chi connectivity index (χ1v) is 5.19. The van der Waals surface area contributed by atoms with Gasteiger partial charge in [-0.05, 0) is 6.08 Å². The van der Waals surface area contributed by atoms with Crippen LogP contribution in [0.25, 0.3) is 0 Å². The lowest BCUT2D eigenvalue weighted by Gasteiger charge is -2.29. The maximum Gasteiger partial charge on any atom is 0.464 e. The summed E-state index contributed by atoms with van der Waals surface area (Å²) < 4.78 is 132. The summed E-state index contributed by atoms with van der Waals surface area (Å²) in [5.74, 6) is -5.54. The standard InChI is InChI=1S/C6H3F9O3S/c1-2-3(7,8)4(9,10)18-5(11,12)6(13,14)19(15,16)17/h2H,1H2. The average Bonchev–Trinajstić information content (AvgIpc) is 2.13. The molecule has 0 aromatic carbocycles. The molecule has 0 aliphatic rings. The first kappa shape index (κ1) is 18.0. The second-order valence-corrected chi connectivity index (χ2v) is 4.31. The van der Waals surface area contributed by atoms with E-state index in [1.807, 2.05) is 4.74 Å². The molecule has 0 aliphatic heterocycles. The van der Waals surface area contributed by atoms with Gasteiger partial charge < -0.3 is 0 Å². The van der Waals surface area contributed by atoms with E-state index in [0.29, 0.717) is 0 Å². The van der Waals surface area contributed by atoms with Crippen molar-refractivity contribution in [2.75, 3.05) is 0 Å². The summed E-state index contributed by atoms with van der Waals surface area (Å²) >= 11 is 0. The van der Waals surface area contributed by atoms with Crippen molar-refractivity contribution in [3.8, 4) is 0 Å². The Morgan fingerprint density at radius 3 is 1.53 bits per heavy atom. The Kier molecular flexibility index (Phi) is 4.31. The van der Waals surface area contributed by atoms with E-state index in [0.717, 1.165) is 0 Å². The van der Waals surface area contributed by atoms with Gasteiger partial charge in [0.05, 0.1) is 0 Å². The summed E-state index contributed by atoms with van der Waals surface area (Å²) in [5, 5.41) is -6.79. The van der Waals surface area contributed by atoms with Gasteiger partial charge in [-0.15, -0.1) is 0 Å². The largest absolute Gasteiger partial charge is 0.464 e. The lowest BCUT2D eigenvalue weighted by atomic mass is 10.3. The summed E-state index contributed by atoms with van der Waals surface area (Å²) in [6.45, 7) is 2.10. The zero-order chi connectivity index (χ0) is 15.9. The molecule has 0 saturated carbocycles. The molecule has 0 radical (unpaired) electrons. The van der Waals surface area contributed by atoms with Crippen molar-refractivity contribution >= 4 is 10.2 Å². The molecule has 0 saturated heterocycles. The lowest BCUT2D eigenvalue weighted by Crippen LogP contribution is -2.54. The molecule has 0 atom stereocenters. The van der Waals surface area contributed by atoms with E-state index in [-0.39, 0.29) is 0 Å². The van der Waals surface area contributed by atoms with E-state index in [4.69, 9.17) is 0 Å². The van der Waals surface area contributed by atoms with Crippen LogP contribution < -0.4 is 0 Å². The van der Waals surface area contributed by atoms with E-state index >= 15 is 0 Å². The van der Waals surface area contributed by atoms with Crippen LogP contribution in [0.5, 0.6) is 0 Å². The van der Waals surface area contributed by atoms with Crippen LogP contribution in [0.15, 0.2) is 12.7 Å². The number of alkyl halides is 8. The normalized spacial score (nSPS) is 15.4. The van der Waals surface area contributed by atoms with Gasteiger partial charge in [0.15, 0.2) is 0 Å². The third-order valence-electron chi connectivity index (χ3n) is 1.55. The molecule has 19 heavy (non-hydrogen) atoms. The third kappa shape index (κ3) is 3.13.